The van der Waals surface area contributed by atoms with Gasteiger partial charge in [-0.05, 0) is 43.2 Å². The largest absolute Gasteiger partial charge is 0.493 e. The number of nitrogens with zero attached hydrogens (tertiary/aromatic N) is 3. The van der Waals surface area contributed by atoms with Crippen molar-refractivity contribution in [2.24, 2.45) is 5.41 Å². The van der Waals surface area contributed by atoms with Crippen LogP contribution in [-0.2, 0) is 4.79 Å². The first-order valence-corrected chi connectivity index (χ1v) is 12.4. The number of ether oxygens (including phenoxy) is 2. The summed E-state index contributed by atoms with van der Waals surface area (Å²) in [4.78, 5) is 20.9. The number of carbonyl (C=O) groups is 1. The molecule has 2 aliphatic rings. The maximum absolute atomic E-state index is 12.6. The number of hydrogen-bond donors (Lipinski definition) is 3. The second kappa shape index (κ2) is 10.6. The number of pyridine rings is 1. The molecular weight excluding hydrogens is 462 g/mol. The lowest BCUT2D eigenvalue weighted by Gasteiger charge is -2.34. The lowest BCUT2D eigenvalue weighted by molar-refractivity contribution is -0.141. The fourth-order valence-electron chi connectivity index (χ4n) is 5.24. The van der Waals surface area contributed by atoms with Gasteiger partial charge in [0.25, 0.3) is 5.91 Å². The quantitative estimate of drug-likeness (QED) is 0.503. The van der Waals surface area contributed by atoms with Crippen LogP contribution in [-0.4, -0.2) is 89.3 Å². The lowest BCUT2D eigenvalue weighted by atomic mass is 9.72. The van der Waals surface area contributed by atoms with Crippen LogP contribution in [0.25, 0.3) is 0 Å². The first kappa shape index (κ1) is 26.2. The highest BCUT2D eigenvalue weighted by Crippen LogP contribution is 2.47. The fraction of sp³-hybridized carbons (Fsp3) is 0.556. The van der Waals surface area contributed by atoms with Crippen LogP contribution in [0.3, 0.4) is 0 Å². The van der Waals surface area contributed by atoms with Crippen molar-refractivity contribution in [1.29, 1.82) is 0 Å². The molecule has 196 valence electrons. The van der Waals surface area contributed by atoms with E-state index in [4.69, 9.17) is 9.47 Å². The average molecular weight is 500 g/mol. The molecule has 1 amide bonds. The summed E-state index contributed by atoms with van der Waals surface area (Å²) >= 11 is 0. The summed E-state index contributed by atoms with van der Waals surface area (Å²) in [6.07, 6.45) is 0.499. The second-order valence-corrected chi connectivity index (χ2v) is 10.2. The van der Waals surface area contributed by atoms with Crippen molar-refractivity contribution in [3.63, 3.8) is 0 Å². The zero-order valence-corrected chi connectivity index (χ0v) is 21.4. The Bertz CT molecular complexity index is 1060. The summed E-state index contributed by atoms with van der Waals surface area (Å²) in [6.45, 7) is 7.18. The van der Waals surface area contributed by atoms with E-state index in [0.717, 1.165) is 29.9 Å². The average Bonchev–Trinajstić information content (AvgIpc) is 3.48. The van der Waals surface area contributed by atoms with Crippen molar-refractivity contribution in [3.8, 4) is 11.5 Å². The molecule has 3 unspecified atom stereocenters. The van der Waals surface area contributed by atoms with E-state index in [2.05, 4.69) is 16.0 Å². The van der Waals surface area contributed by atoms with Crippen LogP contribution in [0, 0.1) is 12.3 Å². The number of rotatable bonds is 8. The van der Waals surface area contributed by atoms with Gasteiger partial charge in [-0.25, -0.2) is 4.98 Å². The number of methoxy groups -OCH3 is 1. The Labute approximate surface area is 212 Å². The number of carbonyl (C=O) groups excluding carboxylic acids is 1. The number of amides is 1. The Morgan fingerprint density at radius 2 is 2.00 bits per heavy atom. The minimum atomic E-state index is -1.47. The van der Waals surface area contributed by atoms with Gasteiger partial charge in [0.2, 0.25) is 0 Å². The molecule has 2 saturated heterocycles. The Balaban J connectivity index is 1.55. The van der Waals surface area contributed by atoms with Crippen LogP contribution in [0.5, 0.6) is 11.5 Å². The zero-order chi connectivity index (χ0) is 26.0. The molecule has 9 heteroatoms. The van der Waals surface area contributed by atoms with Crippen LogP contribution in [0.4, 0.5) is 5.82 Å². The summed E-state index contributed by atoms with van der Waals surface area (Å²) in [6, 6.07) is 9.81. The van der Waals surface area contributed by atoms with Gasteiger partial charge in [0.15, 0.2) is 17.6 Å². The van der Waals surface area contributed by atoms with Gasteiger partial charge < -0.3 is 34.6 Å². The van der Waals surface area contributed by atoms with Crippen LogP contribution in [0.2, 0.25) is 0 Å². The van der Waals surface area contributed by atoms with E-state index in [9.17, 15) is 20.1 Å². The molecule has 2 aromatic rings. The standard InChI is InChI=1S/C27H37N3O6/c1-17-5-8-25(28-12-17)29-10-9-20(13-29)36-24-11-19(6-7-23(24)35-4)21-14-30(26(34)22(33)15-31)16-27(21,3)18(2)32/h5-8,11-12,18,20-22,31-33H,9-10,13-16H2,1-4H3/t18?,20?,21-,22?,27-/m0/s1. The normalized spacial score (nSPS) is 25.6. The van der Waals surface area contributed by atoms with E-state index >= 15 is 0 Å². The third-order valence-electron chi connectivity index (χ3n) is 7.70. The van der Waals surface area contributed by atoms with Gasteiger partial charge in [0.1, 0.15) is 11.9 Å². The highest BCUT2D eigenvalue weighted by Gasteiger charge is 2.49. The molecule has 1 aromatic carbocycles. The molecule has 36 heavy (non-hydrogen) atoms. The Morgan fingerprint density at radius 1 is 1.22 bits per heavy atom. The molecule has 4 rings (SSSR count). The van der Waals surface area contributed by atoms with Crippen molar-refractivity contribution in [3.05, 3.63) is 47.7 Å². The van der Waals surface area contributed by atoms with Crippen LogP contribution >= 0.6 is 0 Å². The second-order valence-electron chi connectivity index (χ2n) is 10.2. The predicted octanol–water partition coefficient (Wildman–Crippen LogP) is 1.72. The van der Waals surface area contributed by atoms with Gasteiger partial charge >= 0.3 is 0 Å². The lowest BCUT2D eigenvalue weighted by Crippen LogP contribution is -2.42. The van der Waals surface area contributed by atoms with Crippen molar-refractivity contribution in [1.82, 2.24) is 9.88 Å². The van der Waals surface area contributed by atoms with Crippen molar-refractivity contribution in [2.75, 3.05) is 44.8 Å². The third-order valence-corrected chi connectivity index (χ3v) is 7.70. The monoisotopic (exact) mass is 499 g/mol. The molecular formula is C27H37N3O6. The van der Waals surface area contributed by atoms with Crippen molar-refractivity contribution < 1.29 is 29.6 Å². The van der Waals surface area contributed by atoms with E-state index < -0.39 is 30.1 Å². The first-order valence-electron chi connectivity index (χ1n) is 12.4. The van der Waals surface area contributed by atoms with Crippen LogP contribution in [0.15, 0.2) is 36.5 Å². The summed E-state index contributed by atoms with van der Waals surface area (Å²) < 4.78 is 12.0. The number of aliphatic hydroxyl groups excluding tert-OH is 3. The van der Waals surface area contributed by atoms with Gasteiger partial charge in [-0.15, -0.1) is 0 Å². The number of likely N-dealkylation sites (tertiary alicyclic amines) is 1. The number of anilines is 1. The Morgan fingerprint density at radius 3 is 2.64 bits per heavy atom. The molecule has 3 N–H and O–H groups in total. The Kier molecular flexibility index (Phi) is 7.73. The SMILES string of the molecule is COc1ccc([C@@H]2CN(C(=O)C(O)CO)C[C@@]2(C)C(C)O)cc1OC1CCN(c2ccc(C)cn2)C1. The molecule has 2 aliphatic heterocycles. The summed E-state index contributed by atoms with van der Waals surface area (Å²) in [5.74, 6) is 1.43. The molecule has 0 aliphatic carbocycles. The van der Waals surface area contributed by atoms with Gasteiger partial charge in [0.05, 0.1) is 26.4 Å². The molecule has 9 nitrogen and oxygen atoms in total. The smallest absolute Gasteiger partial charge is 0.253 e. The highest BCUT2D eigenvalue weighted by molar-refractivity contribution is 5.81. The molecule has 5 atom stereocenters. The number of benzene rings is 1. The predicted molar refractivity (Wildman–Crippen MR) is 135 cm³/mol. The topological polar surface area (TPSA) is 116 Å². The summed E-state index contributed by atoms with van der Waals surface area (Å²) in [5, 5.41) is 29.8. The number of aliphatic hydroxyl groups is 3. The molecule has 2 fully saturated rings. The van der Waals surface area contributed by atoms with E-state index in [1.807, 2.05) is 44.3 Å². The van der Waals surface area contributed by atoms with Gasteiger partial charge in [-0.1, -0.05) is 19.1 Å². The van der Waals surface area contributed by atoms with Crippen molar-refractivity contribution in [2.45, 2.75) is 51.4 Å². The van der Waals surface area contributed by atoms with Crippen LogP contribution < -0.4 is 14.4 Å². The number of aryl methyl sites for hydroxylation is 1. The Hall–Kier alpha value is -2.88. The van der Waals surface area contributed by atoms with Gasteiger partial charge in [0, 0.05) is 43.6 Å². The molecule has 0 saturated carbocycles. The maximum Gasteiger partial charge on any atom is 0.253 e. The molecule has 0 bridgehead atoms. The van der Waals surface area contributed by atoms with E-state index in [0.29, 0.717) is 24.6 Å². The fourth-order valence-corrected chi connectivity index (χ4v) is 5.24. The number of hydrogen-bond acceptors (Lipinski definition) is 8. The minimum absolute atomic E-state index is 0.0400. The van der Waals surface area contributed by atoms with Gasteiger partial charge in [-0.2, -0.15) is 0 Å². The summed E-state index contributed by atoms with van der Waals surface area (Å²) in [5.41, 5.74) is 1.39. The molecule has 3 heterocycles. The number of aromatic nitrogens is 1. The van der Waals surface area contributed by atoms with Crippen molar-refractivity contribution >= 4 is 11.7 Å². The first-order chi connectivity index (χ1) is 17.2. The molecule has 0 radical (unpaired) electrons. The zero-order valence-electron chi connectivity index (χ0n) is 21.4. The van der Waals surface area contributed by atoms with E-state index in [1.165, 1.54) is 4.90 Å². The molecule has 1 aromatic heterocycles. The highest BCUT2D eigenvalue weighted by atomic mass is 16.5. The van der Waals surface area contributed by atoms with E-state index in [-0.39, 0.29) is 18.6 Å². The summed E-state index contributed by atoms with van der Waals surface area (Å²) in [7, 11) is 1.60. The third kappa shape index (κ3) is 5.14. The minimum Gasteiger partial charge on any atom is -0.493 e. The maximum atomic E-state index is 12.6. The van der Waals surface area contributed by atoms with E-state index in [1.54, 1.807) is 14.0 Å². The van der Waals surface area contributed by atoms with Gasteiger partial charge in [-0.3, -0.25) is 4.79 Å². The van der Waals surface area contributed by atoms with Crippen LogP contribution in [0.1, 0.15) is 37.3 Å². The molecule has 0 spiro atoms.